The van der Waals surface area contributed by atoms with Gasteiger partial charge in [-0.3, -0.25) is 4.79 Å². The number of rotatable bonds is 2. The molecule has 4 nitrogen and oxygen atoms in total. The number of nitrogens with two attached hydrogens (primary N) is 1. The van der Waals surface area contributed by atoms with E-state index in [4.69, 9.17) is 5.73 Å². The summed E-state index contributed by atoms with van der Waals surface area (Å²) in [5.41, 5.74) is 6.10. The van der Waals surface area contributed by atoms with E-state index < -0.39 is 0 Å². The Bertz CT molecular complexity index is 343. The lowest BCUT2D eigenvalue weighted by Crippen LogP contribution is -2.53. The zero-order valence-corrected chi connectivity index (χ0v) is 12.4. The van der Waals surface area contributed by atoms with Crippen molar-refractivity contribution in [2.45, 2.75) is 58.5 Å². The number of hydrogen-bond donors (Lipinski definition) is 2. The van der Waals surface area contributed by atoms with Gasteiger partial charge in [-0.15, -0.1) is 0 Å². The zero-order chi connectivity index (χ0) is 14.2. The fourth-order valence-electron chi connectivity index (χ4n) is 3.81. The Morgan fingerprint density at radius 1 is 1.37 bits per heavy atom. The average molecular weight is 268 g/mol. The highest BCUT2D eigenvalue weighted by Crippen LogP contribution is 2.45. The maximum Gasteiger partial charge on any atom is 0.226 e. The molecule has 1 saturated heterocycles. The lowest BCUT2D eigenvalue weighted by atomic mass is 9.60. The van der Waals surface area contributed by atoms with Crippen molar-refractivity contribution in [1.82, 2.24) is 4.90 Å². The molecule has 2 fully saturated rings. The molecule has 0 aromatic carbocycles. The van der Waals surface area contributed by atoms with E-state index in [0.29, 0.717) is 5.92 Å². The average Bonchev–Trinajstić information content (AvgIpc) is 2.83. The number of likely N-dealkylation sites (tertiary alicyclic amines) is 1. The molecule has 3 unspecified atom stereocenters. The smallest absolute Gasteiger partial charge is 0.226 e. The monoisotopic (exact) mass is 268 g/mol. The number of aliphatic hydroxyl groups is 1. The van der Waals surface area contributed by atoms with Gasteiger partial charge in [0.2, 0.25) is 5.91 Å². The first kappa shape index (κ1) is 14.8. The van der Waals surface area contributed by atoms with Crippen LogP contribution >= 0.6 is 0 Å². The number of carbonyl (C=O) groups excluding carboxylic acids is 1. The van der Waals surface area contributed by atoms with Crippen molar-refractivity contribution >= 4 is 5.91 Å². The highest BCUT2D eigenvalue weighted by atomic mass is 16.3. The van der Waals surface area contributed by atoms with Crippen molar-refractivity contribution in [1.29, 1.82) is 0 Å². The Morgan fingerprint density at radius 3 is 2.68 bits per heavy atom. The molecule has 2 rings (SSSR count). The van der Waals surface area contributed by atoms with E-state index in [-0.39, 0.29) is 35.9 Å². The van der Waals surface area contributed by atoms with Crippen molar-refractivity contribution < 1.29 is 9.90 Å². The predicted octanol–water partition coefficient (Wildman–Crippen LogP) is 1.37. The van der Waals surface area contributed by atoms with Crippen LogP contribution in [0.3, 0.4) is 0 Å². The number of nitrogens with zero attached hydrogens (tertiary/aromatic N) is 1. The third kappa shape index (κ3) is 2.52. The Labute approximate surface area is 116 Å². The fraction of sp³-hybridized carbons (Fsp3) is 0.933. The Kier molecular flexibility index (Phi) is 4.21. The molecule has 2 aliphatic rings. The highest BCUT2D eigenvalue weighted by Gasteiger charge is 2.47. The minimum atomic E-state index is -0.0582. The standard InChI is InChI=1S/C15H28N2O2/c1-10-13(16)7-6-12(15(10,2)3)14(19)17-8-4-5-11(17)9-18/h10-13,18H,4-9,16H2,1-3H3/t10?,11-,12?,13?/m0/s1. The number of aliphatic hydroxyl groups excluding tert-OH is 1. The van der Waals surface area contributed by atoms with Crippen LogP contribution in [0.15, 0.2) is 0 Å². The fourth-order valence-corrected chi connectivity index (χ4v) is 3.81. The lowest BCUT2D eigenvalue weighted by molar-refractivity contribution is -0.145. The van der Waals surface area contributed by atoms with Gasteiger partial charge in [-0.05, 0) is 37.0 Å². The van der Waals surface area contributed by atoms with Crippen LogP contribution in [0.4, 0.5) is 0 Å². The summed E-state index contributed by atoms with van der Waals surface area (Å²) in [6, 6.07) is 0.237. The molecule has 3 N–H and O–H groups in total. The summed E-state index contributed by atoms with van der Waals surface area (Å²) in [6.07, 6.45) is 3.76. The quantitative estimate of drug-likeness (QED) is 0.795. The Balaban J connectivity index is 2.14. The van der Waals surface area contributed by atoms with Crippen molar-refractivity contribution in [2.24, 2.45) is 23.0 Å². The Morgan fingerprint density at radius 2 is 2.05 bits per heavy atom. The van der Waals surface area contributed by atoms with Crippen LogP contribution < -0.4 is 5.73 Å². The van der Waals surface area contributed by atoms with Crippen LogP contribution in [0.1, 0.15) is 46.5 Å². The Hall–Kier alpha value is -0.610. The van der Waals surface area contributed by atoms with Crippen LogP contribution in [-0.2, 0) is 4.79 Å². The molecule has 0 bridgehead atoms. The molecule has 1 aliphatic heterocycles. The van der Waals surface area contributed by atoms with Crippen LogP contribution in [-0.4, -0.2) is 41.1 Å². The van der Waals surface area contributed by atoms with E-state index in [1.54, 1.807) is 0 Å². The first-order valence-electron chi connectivity index (χ1n) is 7.56. The summed E-state index contributed by atoms with van der Waals surface area (Å²) in [5, 5.41) is 9.39. The first-order chi connectivity index (χ1) is 8.89. The van der Waals surface area contributed by atoms with E-state index in [0.717, 1.165) is 32.2 Å². The minimum Gasteiger partial charge on any atom is -0.394 e. The number of amides is 1. The van der Waals surface area contributed by atoms with Gasteiger partial charge < -0.3 is 15.7 Å². The molecule has 19 heavy (non-hydrogen) atoms. The predicted molar refractivity (Wildman–Crippen MR) is 75.5 cm³/mol. The normalized spacial score (nSPS) is 38.5. The van der Waals surface area contributed by atoms with Crippen LogP contribution in [0.5, 0.6) is 0 Å². The molecule has 4 heteroatoms. The summed E-state index contributed by atoms with van der Waals surface area (Å²) < 4.78 is 0. The van der Waals surface area contributed by atoms with E-state index in [2.05, 4.69) is 20.8 Å². The summed E-state index contributed by atoms with van der Waals surface area (Å²) >= 11 is 0. The van der Waals surface area contributed by atoms with Crippen molar-refractivity contribution in [3.63, 3.8) is 0 Å². The third-order valence-corrected chi connectivity index (χ3v) is 5.67. The van der Waals surface area contributed by atoms with Gasteiger partial charge in [0.25, 0.3) is 0 Å². The van der Waals surface area contributed by atoms with E-state index in [1.165, 1.54) is 0 Å². The minimum absolute atomic E-state index is 0.0363. The molecule has 1 saturated carbocycles. The molecule has 1 heterocycles. The van der Waals surface area contributed by atoms with Gasteiger partial charge in [-0.2, -0.15) is 0 Å². The molecular weight excluding hydrogens is 240 g/mol. The molecule has 4 atom stereocenters. The second-order valence-corrected chi connectivity index (χ2v) is 6.91. The van der Waals surface area contributed by atoms with E-state index in [1.807, 2.05) is 4.90 Å². The van der Waals surface area contributed by atoms with Gasteiger partial charge in [0.05, 0.1) is 12.6 Å². The third-order valence-electron chi connectivity index (χ3n) is 5.67. The largest absolute Gasteiger partial charge is 0.394 e. The van der Waals surface area contributed by atoms with Gasteiger partial charge in [0.15, 0.2) is 0 Å². The molecular formula is C15H28N2O2. The highest BCUT2D eigenvalue weighted by molar-refractivity contribution is 5.80. The van der Waals surface area contributed by atoms with Crippen molar-refractivity contribution in [3.05, 3.63) is 0 Å². The summed E-state index contributed by atoms with van der Waals surface area (Å²) in [6.45, 7) is 7.40. The number of hydrogen-bond acceptors (Lipinski definition) is 3. The van der Waals surface area contributed by atoms with Gasteiger partial charge >= 0.3 is 0 Å². The zero-order valence-electron chi connectivity index (χ0n) is 12.4. The molecule has 1 aliphatic carbocycles. The van der Waals surface area contributed by atoms with Gasteiger partial charge in [0, 0.05) is 18.5 Å². The molecule has 110 valence electrons. The summed E-state index contributed by atoms with van der Waals surface area (Å²) in [7, 11) is 0. The summed E-state index contributed by atoms with van der Waals surface area (Å²) in [5.74, 6) is 0.639. The van der Waals surface area contributed by atoms with Crippen LogP contribution in [0, 0.1) is 17.3 Å². The topological polar surface area (TPSA) is 66.6 Å². The van der Waals surface area contributed by atoms with Gasteiger partial charge in [-0.1, -0.05) is 20.8 Å². The molecule has 0 radical (unpaired) electrons. The van der Waals surface area contributed by atoms with Gasteiger partial charge in [0.1, 0.15) is 0 Å². The molecule has 0 aromatic rings. The molecule has 0 aromatic heterocycles. The van der Waals surface area contributed by atoms with E-state index >= 15 is 0 Å². The van der Waals surface area contributed by atoms with Gasteiger partial charge in [-0.25, -0.2) is 0 Å². The van der Waals surface area contributed by atoms with Crippen molar-refractivity contribution in [3.8, 4) is 0 Å². The maximum atomic E-state index is 12.8. The SMILES string of the molecule is CC1C(N)CCC(C(=O)N2CCC[C@H]2CO)C1(C)C. The second-order valence-electron chi connectivity index (χ2n) is 6.91. The van der Waals surface area contributed by atoms with E-state index in [9.17, 15) is 9.90 Å². The lowest BCUT2D eigenvalue weighted by Gasteiger charge is -2.47. The first-order valence-corrected chi connectivity index (χ1v) is 7.56. The van der Waals surface area contributed by atoms with Crippen LogP contribution in [0.2, 0.25) is 0 Å². The maximum absolute atomic E-state index is 12.8. The van der Waals surface area contributed by atoms with Crippen molar-refractivity contribution in [2.75, 3.05) is 13.2 Å². The molecule has 1 amide bonds. The van der Waals surface area contributed by atoms with Crippen LogP contribution in [0.25, 0.3) is 0 Å². The second kappa shape index (κ2) is 5.41. The molecule has 0 spiro atoms. The summed E-state index contributed by atoms with van der Waals surface area (Å²) in [4.78, 5) is 14.7. The number of carbonyl (C=O) groups is 1.